The fraction of sp³-hybridized carbons (Fsp3) is 0.533. The molecule has 0 radical (unpaired) electrons. The highest BCUT2D eigenvalue weighted by molar-refractivity contribution is 7.80. The van der Waals surface area contributed by atoms with Crippen molar-refractivity contribution in [3.63, 3.8) is 0 Å². The van der Waals surface area contributed by atoms with Crippen molar-refractivity contribution in [1.82, 2.24) is 4.90 Å². The molecule has 1 unspecified atom stereocenters. The first-order chi connectivity index (χ1) is 9.65. The van der Waals surface area contributed by atoms with E-state index in [0.717, 1.165) is 48.9 Å². The van der Waals surface area contributed by atoms with Crippen molar-refractivity contribution < 1.29 is 4.74 Å². The molecule has 2 heterocycles. The van der Waals surface area contributed by atoms with E-state index in [-0.39, 0.29) is 6.04 Å². The van der Waals surface area contributed by atoms with E-state index in [4.69, 9.17) is 34.3 Å². The lowest BCUT2D eigenvalue weighted by atomic mass is 10.00. The Hall–Kier alpha value is -0.840. The molecule has 0 saturated carbocycles. The molecule has 1 saturated heterocycles. The van der Waals surface area contributed by atoms with Crippen molar-refractivity contribution in [2.45, 2.75) is 38.3 Å². The number of ether oxygens (including phenoxy) is 1. The van der Waals surface area contributed by atoms with E-state index in [1.807, 2.05) is 12.1 Å². The van der Waals surface area contributed by atoms with Crippen LogP contribution in [0.5, 0.6) is 5.75 Å². The lowest BCUT2D eigenvalue weighted by molar-refractivity contribution is 0.182. The van der Waals surface area contributed by atoms with Gasteiger partial charge in [0.15, 0.2) is 0 Å². The molecule has 1 aromatic carbocycles. The van der Waals surface area contributed by atoms with Crippen molar-refractivity contribution in [2.24, 2.45) is 5.73 Å². The predicted octanol–water partition coefficient (Wildman–Crippen LogP) is 2.92. The molecule has 20 heavy (non-hydrogen) atoms. The molecule has 0 spiro atoms. The smallest absolute Gasteiger partial charge is 0.127 e. The van der Waals surface area contributed by atoms with Crippen LogP contribution in [0.2, 0.25) is 5.02 Å². The summed E-state index contributed by atoms with van der Waals surface area (Å²) in [5, 5.41) is 0.785. The van der Waals surface area contributed by atoms with E-state index in [9.17, 15) is 0 Å². The molecule has 0 amide bonds. The van der Waals surface area contributed by atoms with Crippen LogP contribution in [0, 0.1) is 0 Å². The molecule has 108 valence electrons. The van der Waals surface area contributed by atoms with E-state index >= 15 is 0 Å². The Morgan fingerprint density at radius 3 is 3.10 bits per heavy atom. The van der Waals surface area contributed by atoms with Gasteiger partial charge in [-0.2, -0.15) is 0 Å². The van der Waals surface area contributed by atoms with Gasteiger partial charge in [0.1, 0.15) is 5.75 Å². The van der Waals surface area contributed by atoms with Crippen molar-refractivity contribution in [1.29, 1.82) is 0 Å². The number of piperidine rings is 1. The Bertz CT molecular complexity index is 535. The quantitative estimate of drug-likeness (QED) is 0.871. The summed E-state index contributed by atoms with van der Waals surface area (Å²) in [6.45, 7) is 2.59. The Kier molecular flexibility index (Phi) is 4.15. The monoisotopic (exact) mass is 310 g/mol. The third kappa shape index (κ3) is 2.78. The second-order valence-corrected chi connectivity index (χ2v) is 6.44. The minimum Gasteiger partial charge on any atom is -0.493 e. The van der Waals surface area contributed by atoms with Crippen LogP contribution in [-0.4, -0.2) is 29.1 Å². The second kappa shape index (κ2) is 5.88. The number of rotatable bonds is 3. The zero-order valence-electron chi connectivity index (χ0n) is 11.4. The standard InChI is InChI=1S/C15H19ClN2OS/c16-12-7-10-4-6-19-14(10)11(8-12)9-18-5-2-1-3-13(18)15(17)20/h7-8,13H,1-6,9H2,(H2,17,20). The van der Waals surface area contributed by atoms with Crippen molar-refractivity contribution in [2.75, 3.05) is 13.2 Å². The molecule has 0 aliphatic carbocycles. The largest absolute Gasteiger partial charge is 0.493 e. The summed E-state index contributed by atoms with van der Waals surface area (Å²) < 4.78 is 5.77. The number of fused-ring (bicyclic) bond motifs is 1. The average Bonchev–Trinajstić information content (AvgIpc) is 2.87. The number of nitrogens with two attached hydrogens (primary N) is 1. The topological polar surface area (TPSA) is 38.5 Å². The summed E-state index contributed by atoms with van der Waals surface area (Å²) in [5.41, 5.74) is 8.27. The minimum atomic E-state index is 0.204. The number of hydrogen-bond donors (Lipinski definition) is 1. The van der Waals surface area contributed by atoms with Gasteiger partial charge in [-0.1, -0.05) is 30.2 Å². The van der Waals surface area contributed by atoms with Gasteiger partial charge >= 0.3 is 0 Å². The third-order valence-corrected chi connectivity index (χ3v) is 4.63. The van der Waals surface area contributed by atoms with Gasteiger partial charge in [0.2, 0.25) is 0 Å². The van der Waals surface area contributed by atoms with Crippen molar-refractivity contribution >= 4 is 28.8 Å². The fourth-order valence-electron chi connectivity index (χ4n) is 3.18. The zero-order chi connectivity index (χ0) is 14.1. The van der Waals surface area contributed by atoms with Crippen LogP contribution in [0.15, 0.2) is 12.1 Å². The summed E-state index contributed by atoms with van der Waals surface area (Å²) in [6, 6.07) is 4.22. The molecular weight excluding hydrogens is 292 g/mol. The molecule has 5 heteroatoms. The van der Waals surface area contributed by atoms with E-state index in [0.29, 0.717) is 4.99 Å². The van der Waals surface area contributed by atoms with Gasteiger partial charge in [-0.05, 0) is 37.1 Å². The molecule has 1 atom stereocenters. The van der Waals surface area contributed by atoms with Gasteiger partial charge in [0.25, 0.3) is 0 Å². The maximum atomic E-state index is 6.22. The predicted molar refractivity (Wildman–Crippen MR) is 85.5 cm³/mol. The van der Waals surface area contributed by atoms with Gasteiger partial charge in [-0.25, -0.2) is 0 Å². The molecule has 1 aromatic rings. The molecule has 2 N–H and O–H groups in total. The number of nitrogens with zero attached hydrogens (tertiary/aromatic N) is 1. The summed E-state index contributed by atoms with van der Waals surface area (Å²) in [7, 11) is 0. The maximum absolute atomic E-state index is 6.22. The zero-order valence-corrected chi connectivity index (χ0v) is 13.0. The second-order valence-electron chi connectivity index (χ2n) is 5.54. The molecule has 3 rings (SSSR count). The Balaban J connectivity index is 1.85. The Morgan fingerprint density at radius 2 is 2.30 bits per heavy atom. The highest BCUT2D eigenvalue weighted by atomic mass is 35.5. The third-order valence-electron chi connectivity index (χ3n) is 4.14. The van der Waals surface area contributed by atoms with Crippen LogP contribution in [-0.2, 0) is 13.0 Å². The van der Waals surface area contributed by atoms with Crippen LogP contribution in [0.25, 0.3) is 0 Å². The minimum absolute atomic E-state index is 0.204. The highest BCUT2D eigenvalue weighted by Gasteiger charge is 2.27. The van der Waals surface area contributed by atoms with Crippen molar-refractivity contribution in [3.8, 4) is 5.75 Å². The van der Waals surface area contributed by atoms with E-state index in [1.54, 1.807) is 0 Å². The SMILES string of the molecule is NC(=S)C1CCCCN1Cc1cc(Cl)cc2c1OCC2. The highest BCUT2D eigenvalue weighted by Crippen LogP contribution is 2.34. The first-order valence-electron chi connectivity index (χ1n) is 7.12. The van der Waals surface area contributed by atoms with Crippen LogP contribution in [0.4, 0.5) is 0 Å². The van der Waals surface area contributed by atoms with E-state index < -0.39 is 0 Å². The summed E-state index contributed by atoms with van der Waals surface area (Å²) in [5.74, 6) is 1.02. The maximum Gasteiger partial charge on any atom is 0.127 e. The summed E-state index contributed by atoms with van der Waals surface area (Å²) >= 11 is 11.4. The molecule has 0 aromatic heterocycles. The van der Waals surface area contributed by atoms with Crippen LogP contribution >= 0.6 is 23.8 Å². The van der Waals surface area contributed by atoms with E-state index in [2.05, 4.69) is 4.90 Å². The van der Waals surface area contributed by atoms with Crippen LogP contribution in [0.3, 0.4) is 0 Å². The molecule has 1 fully saturated rings. The lowest BCUT2D eigenvalue weighted by Gasteiger charge is -2.35. The first-order valence-corrected chi connectivity index (χ1v) is 7.91. The fourth-order valence-corrected chi connectivity index (χ4v) is 3.72. The number of thiocarbonyl (C=S) groups is 1. The van der Waals surface area contributed by atoms with Gasteiger partial charge in [0, 0.05) is 23.6 Å². The lowest BCUT2D eigenvalue weighted by Crippen LogP contribution is -2.46. The molecule has 0 bridgehead atoms. The number of halogens is 1. The van der Waals surface area contributed by atoms with Gasteiger partial charge < -0.3 is 10.5 Å². The van der Waals surface area contributed by atoms with Gasteiger partial charge in [-0.15, -0.1) is 0 Å². The first kappa shape index (κ1) is 14.1. The number of benzene rings is 1. The summed E-state index contributed by atoms with van der Waals surface area (Å²) in [6.07, 6.45) is 4.39. The van der Waals surface area contributed by atoms with Gasteiger partial charge in [-0.3, -0.25) is 4.90 Å². The van der Waals surface area contributed by atoms with Gasteiger partial charge in [0.05, 0.1) is 17.6 Å². The number of hydrogen-bond acceptors (Lipinski definition) is 3. The summed E-state index contributed by atoms with van der Waals surface area (Å²) in [4.78, 5) is 2.96. The molecule has 3 nitrogen and oxygen atoms in total. The average molecular weight is 311 g/mol. The van der Waals surface area contributed by atoms with E-state index in [1.165, 1.54) is 18.4 Å². The van der Waals surface area contributed by atoms with Crippen LogP contribution < -0.4 is 10.5 Å². The normalized spacial score (nSPS) is 22.4. The van der Waals surface area contributed by atoms with Crippen LogP contribution in [0.1, 0.15) is 30.4 Å². The Morgan fingerprint density at radius 1 is 1.45 bits per heavy atom. The Labute approximate surface area is 130 Å². The molecular formula is C15H19ClN2OS. The van der Waals surface area contributed by atoms with Crippen molar-refractivity contribution in [3.05, 3.63) is 28.3 Å². The molecule has 2 aliphatic heterocycles. The molecule has 2 aliphatic rings. The number of likely N-dealkylation sites (tertiary alicyclic amines) is 1.